The Kier molecular flexibility index (Phi) is 5.55. The van der Waals surface area contributed by atoms with Gasteiger partial charge in [-0.3, -0.25) is 9.69 Å². The first-order chi connectivity index (χ1) is 9.97. The molecule has 2 aromatic rings. The number of halogens is 1. The van der Waals surface area contributed by atoms with Crippen LogP contribution >= 0.6 is 27.3 Å². The zero-order chi connectivity index (χ0) is 15.4. The van der Waals surface area contributed by atoms with E-state index in [0.29, 0.717) is 22.9 Å². The Morgan fingerprint density at radius 2 is 2.29 bits per heavy atom. The lowest BCUT2D eigenvalue weighted by atomic mass is 10.3. The lowest BCUT2D eigenvalue weighted by molar-refractivity contribution is -0.117. The number of aromatic nitrogens is 1. The minimum absolute atomic E-state index is 0.0699. The summed E-state index contributed by atoms with van der Waals surface area (Å²) in [5, 5.41) is 3.52. The molecule has 21 heavy (non-hydrogen) atoms. The summed E-state index contributed by atoms with van der Waals surface area (Å²) in [5.74, 6) is 0.745. The molecular formula is C14H18BrN3O2S. The third-order valence-electron chi connectivity index (χ3n) is 2.94. The van der Waals surface area contributed by atoms with Crippen molar-refractivity contribution in [2.75, 3.05) is 18.9 Å². The molecule has 114 valence electrons. The van der Waals surface area contributed by atoms with Gasteiger partial charge in [0.15, 0.2) is 9.80 Å². The van der Waals surface area contributed by atoms with Crippen LogP contribution in [0.1, 0.15) is 23.3 Å². The van der Waals surface area contributed by atoms with Gasteiger partial charge in [-0.15, -0.1) is 11.3 Å². The lowest BCUT2D eigenvalue weighted by Crippen LogP contribution is -2.29. The number of hydrogen-bond donors (Lipinski definition) is 1. The van der Waals surface area contributed by atoms with Gasteiger partial charge in [0, 0.05) is 4.88 Å². The van der Waals surface area contributed by atoms with Crippen LogP contribution in [-0.2, 0) is 17.8 Å². The molecule has 2 heterocycles. The molecule has 0 atom stereocenters. The Morgan fingerprint density at radius 1 is 1.52 bits per heavy atom. The molecule has 0 aliphatic carbocycles. The van der Waals surface area contributed by atoms with Crippen LogP contribution in [0.5, 0.6) is 0 Å². The molecule has 2 aromatic heterocycles. The van der Waals surface area contributed by atoms with E-state index in [1.54, 1.807) is 0 Å². The van der Waals surface area contributed by atoms with Gasteiger partial charge >= 0.3 is 0 Å². The minimum Gasteiger partial charge on any atom is -0.453 e. The van der Waals surface area contributed by atoms with Crippen molar-refractivity contribution in [3.63, 3.8) is 0 Å². The second kappa shape index (κ2) is 7.20. The third kappa shape index (κ3) is 4.66. The van der Waals surface area contributed by atoms with Gasteiger partial charge < -0.3 is 9.73 Å². The number of furan rings is 1. The summed E-state index contributed by atoms with van der Waals surface area (Å²) in [4.78, 5) is 19.5. The van der Waals surface area contributed by atoms with E-state index in [1.165, 1.54) is 11.3 Å². The van der Waals surface area contributed by atoms with Crippen LogP contribution in [-0.4, -0.2) is 29.4 Å². The highest BCUT2D eigenvalue weighted by molar-refractivity contribution is 9.10. The van der Waals surface area contributed by atoms with Crippen LogP contribution in [0, 0.1) is 6.92 Å². The molecule has 0 unspecified atom stereocenters. The molecule has 0 aliphatic heterocycles. The Hall–Kier alpha value is -1.18. The van der Waals surface area contributed by atoms with E-state index >= 15 is 0 Å². The maximum atomic E-state index is 12.0. The smallest absolute Gasteiger partial charge is 0.240 e. The molecule has 0 radical (unpaired) electrons. The SMILES string of the molecule is CCc1nc(NC(=O)CN(C)Cc2ccc(Br)o2)sc1C. The molecule has 0 bridgehead atoms. The number of aryl methyl sites for hydroxylation is 2. The number of rotatable bonds is 6. The summed E-state index contributed by atoms with van der Waals surface area (Å²) in [5.41, 5.74) is 1.05. The van der Waals surface area contributed by atoms with Crippen LogP contribution < -0.4 is 5.32 Å². The molecule has 0 aromatic carbocycles. The minimum atomic E-state index is -0.0699. The number of likely N-dealkylation sites (N-methyl/N-ethyl adjacent to an activating group) is 1. The molecular weight excluding hydrogens is 354 g/mol. The Morgan fingerprint density at radius 3 is 2.86 bits per heavy atom. The van der Waals surface area contributed by atoms with Gasteiger partial charge in [-0.2, -0.15) is 0 Å². The first-order valence-corrected chi connectivity index (χ1v) is 8.27. The second-order valence-electron chi connectivity index (χ2n) is 4.80. The Bertz CT molecular complexity index is 624. The van der Waals surface area contributed by atoms with Crippen molar-refractivity contribution >= 4 is 38.3 Å². The van der Waals surface area contributed by atoms with Crippen molar-refractivity contribution in [2.45, 2.75) is 26.8 Å². The summed E-state index contributed by atoms with van der Waals surface area (Å²) in [6.07, 6.45) is 0.880. The van der Waals surface area contributed by atoms with Gasteiger partial charge in [-0.25, -0.2) is 4.98 Å². The molecule has 7 heteroatoms. The summed E-state index contributed by atoms with van der Waals surface area (Å²) < 4.78 is 6.12. The highest BCUT2D eigenvalue weighted by Crippen LogP contribution is 2.22. The van der Waals surface area contributed by atoms with Gasteiger partial charge in [0.25, 0.3) is 0 Å². The number of amides is 1. The summed E-state index contributed by atoms with van der Waals surface area (Å²) in [7, 11) is 1.88. The molecule has 1 amide bonds. The van der Waals surface area contributed by atoms with E-state index in [-0.39, 0.29) is 5.91 Å². The number of nitrogens with one attached hydrogen (secondary N) is 1. The van der Waals surface area contributed by atoms with Crippen molar-refractivity contribution < 1.29 is 9.21 Å². The topological polar surface area (TPSA) is 58.4 Å². The van der Waals surface area contributed by atoms with Crippen molar-refractivity contribution in [1.29, 1.82) is 0 Å². The monoisotopic (exact) mass is 371 g/mol. The Balaban J connectivity index is 1.85. The maximum Gasteiger partial charge on any atom is 0.240 e. The fraction of sp³-hybridized carbons (Fsp3) is 0.429. The molecule has 1 N–H and O–H groups in total. The highest BCUT2D eigenvalue weighted by atomic mass is 79.9. The number of carbonyl (C=O) groups excluding carboxylic acids is 1. The Labute approximate surface area is 136 Å². The molecule has 0 saturated heterocycles. The fourth-order valence-electron chi connectivity index (χ4n) is 1.97. The van der Waals surface area contributed by atoms with Crippen molar-refractivity contribution in [2.24, 2.45) is 0 Å². The molecule has 0 saturated carbocycles. The second-order valence-corrected chi connectivity index (χ2v) is 6.79. The molecule has 0 spiro atoms. The van der Waals surface area contributed by atoms with Gasteiger partial charge in [0.05, 0.1) is 18.8 Å². The normalized spacial score (nSPS) is 11.1. The number of anilines is 1. The van der Waals surface area contributed by atoms with Crippen molar-refractivity contribution in [3.8, 4) is 0 Å². The molecule has 2 rings (SSSR count). The van der Waals surface area contributed by atoms with E-state index in [1.807, 2.05) is 31.0 Å². The summed E-state index contributed by atoms with van der Waals surface area (Å²) >= 11 is 4.78. The highest BCUT2D eigenvalue weighted by Gasteiger charge is 2.12. The average molecular weight is 372 g/mol. The number of thiazole rings is 1. The maximum absolute atomic E-state index is 12.0. The van der Waals surface area contributed by atoms with Crippen molar-refractivity contribution in [1.82, 2.24) is 9.88 Å². The van der Waals surface area contributed by atoms with Gasteiger partial charge in [-0.1, -0.05) is 6.92 Å². The largest absolute Gasteiger partial charge is 0.453 e. The zero-order valence-corrected chi connectivity index (χ0v) is 14.7. The first-order valence-electron chi connectivity index (χ1n) is 6.66. The van der Waals surface area contributed by atoms with E-state index in [9.17, 15) is 4.79 Å². The number of hydrogen-bond acceptors (Lipinski definition) is 5. The van der Waals surface area contributed by atoms with Gasteiger partial charge in [0.2, 0.25) is 5.91 Å². The van der Waals surface area contributed by atoms with E-state index in [4.69, 9.17) is 4.42 Å². The van der Waals surface area contributed by atoms with Gasteiger partial charge in [0.1, 0.15) is 5.76 Å². The van der Waals surface area contributed by atoms with E-state index < -0.39 is 0 Å². The third-order valence-corrected chi connectivity index (χ3v) is 4.30. The average Bonchev–Trinajstić information content (AvgIpc) is 2.95. The predicted molar refractivity (Wildman–Crippen MR) is 87.6 cm³/mol. The van der Waals surface area contributed by atoms with Crippen LogP contribution in [0.25, 0.3) is 0 Å². The van der Waals surface area contributed by atoms with Crippen molar-refractivity contribution in [3.05, 3.63) is 33.1 Å². The van der Waals surface area contributed by atoms with Crippen LogP contribution in [0.3, 0.4) is 0 Å². The number of nitrogens with zero attached hydrogens (tertiary/aromatic N) is 2. The van der Waals surface area contributed by atoms with Crippen LogP contribution in [0.4, 0.5) is 5.13 Å². The van der Waals surface area contributed by atoms with E-state index in [0.717, 1.165) is 22.8 Å². The first kappa shape index (κ1) is 16.2. The lowest BCUT2D eigenvalue weighted by Gasteiger charge is -2.13. The van der Waals surface area contributed by atoms with E-state index in [2.05, 4.69) is 33.2 Å². The molecule has 0 aliphatic rings. The quantitative estimate of drug-likeness (QED) is 0.844. The predicted octanol–water partition coefficient (Wildman–Crippen LogP) is 3.44. The molecule has 5 nitrogen and oxygen atoms in total. The number of carbonyl (C=O) groups is 1. The molecule has 0 fully saturated rings. The summed E-state index contributed by atoms with van der Waals surface area (Å²) in [6.45, 7) is 4.95. The zero-order valence-electron chi connectivity index (χ0n) is 12.3. The summed E-state index contributed by atoms with van der Waals surface area (Å²) in [6, 6.07) is 3.73. The fourth-order valence-corrected chi connectivity index (χ4v) is 3.23. The van der Waals surface area contributed by atoms with Crippen LogP contribution in [0.15, 0.2) is 21.2 Å². The van der Waals surface area contributed by atoms with Gasteiger partial charge in [-0.05, 0) is 48.5 Å². The standard InChI is InChI=1S/C14H18BrN3O2S/c1-4-11-9(2)21-14(16-11)17-13(19)8-18(3)7-10-5-6-12(15)20-10/h5-6H,4,7-8H2,1-3H3,(H,16,17,19). The van der Waals surface area contributed by atoms with Crippen LogP contribution in [0.2, 0.25) is 0 Å².